The fraction of sp³-hybridized carbons (Fsp3) is 0.290. The van der Waals surface area contributed by atoms with Crippen LogP contribution in [0.5, 0.6) is 0 Å². The molecular weight excluding hydrogens is 563 g/mol. The fourth-order valence-corrected chi connectivity index (χ4v) is 4.69. The molecule has 1 unspecified atom stereocenters. The smallest absolute Gasteiger partial charge is 0.413 e. The molecule has 226 valence electrons. The van der Waals surface area contributed by atoms with Crippen LogP contribution >= 0.6 is 0 Å². The molecule has 12 heteroatoms. The van der Waals surface area contributed by atoms with E-state index in [-0.39, 0.29) is 35.7 Å². The predicted molar refractivity (Wildman–Crippen MR) is 153 cm³/mol. The Kier molecular flexibility index (Phi) is 10.5. The number of ether oxygens (including phenoxy) is 1. The van der Waals surface area contributed by atoms with Gasteiger partial charge in [-0.15, -0.1) is 0 Å². The number of carbonyl (C=O) groups is 3. The number of carbonyl (C=O) groups excluding carboxylic acids is 3. The summed E-state index contributed by atoms with van der Waals surface area (Å²) in [5.74, 6) is -5.12. The van der Waals surface area contributed by atoms with Crippen LogP contribution in [-0.2, 0) is 27.5 Å². The molecule has 1 heterocycles. The van der Waals surface area contributed by atoms with E-state index < -0.39 is 42.2 Å². The van der Waals surface area contributed by atoms with Crippen molar-refractivity contribution in [3.8, 4) is 0 Å². The minimum absolute atomic E-state index is 0.166. The van der Waals surface area contributed by atoms with Gasteiger partial charge >= 0.3 is 6.09 Å². The average Bonchev–Trinajstić information content (AvgIpc) is 3.02. The molecule has 1 saturated heterocycles. The highest BCUT2D eigenvalue weighted by Crippen LogP contribution is 2.27. The maximum atomic E-state index is 13.7. The van der Waals surface area contributed by atoms with E-state index in [0.717, 1.165) is 12.5 Å². The lowest BCUT2D eigenvalue weighted by atomic mass is 9.86. The van der Waals surface area contributed by atoms with Gasteiger partial charge in [-0.05, 0) is 55.5 Å². The summed E-state index contributed by atoms with van der Waals surface area (Å²) in [6, 6.07) is 17.0. The summed E-state index contributed by atoms with van der Waals surface area (Å²) in [4.78, 5) is 37.5. The third-order valence-electron chi connectivity index (χ3n) is 7.15. The molecule has 0 aromatic heterocycles. The normalized spacial score (nSPS) is 16.9. The zero-order chi connectivity index (χ0) is 30.9. The van der Waals surface area contributed by atoms with Gasteiger partial charge in [-0.2, -0.15) is 0 Å². The Hall–Kier alpha value is -4.71. The lowest BCUT2D eigenvalue weighted by molar-refractivity contribution is -0.130. The second kappa shape index (κ2) is 14.5. The van der Waals surface area contributed by atoms with E-state index in [1.807, 2.05) is 18.2 Å². The maximum absolute atomic E-state index is 13.7. The van der Waals surface area contributed by atoms with Gasteiger partial charge in [0, 0.05) is 17.7 Å². The first-order valence-electron chi connectivity index (χ1n) is 13.7. The minimum Gasteiger partial charge on any atom is -0.444 e. The summed E-state index contributed by atoms with van der Waals surface area (Å²) in [5, 5.41) is 19.0. The van der Waals surface area contributed by atoms with Crippen LogP contribution in [-0.4, -0.2) is 42.4 Å². The van der Waals surface area contributed by atoms with Gasteiger partial charge in [0.1, 0.15) is 18.5 Å². The summed E-state index contributed by atoms with van der Waals surface area (Å²) >= 11 is 0. The Morgan fingerprint density at radius 1 is 1.00 bits per heavy atom. The first kappa shape index (κ1) is 31.2. The molecule has 43 heavy (non-hydrogen) atoms. The molecule has 5 N–H and O–H groups in total. The number of amides is 3. The highest BCUT2D eigenvalue weighted by Gasteiger charge is 2.29. The molecule has 0 saturated carbocycles. The van der Waals surface area contributed by atoms with Crippen molar-refractivity contribution in [1.82, 2.24) is 21.3 Å². The topological polar surface area (TPSA) is 132 Å². The molecule has 0 radical (unpaired) electrons. The number of amidine groups is 1. The Morgan fingerprint density at radius 2 is 1.72 bits per heavy atom. The molecular formula is C31H32F3N5O4. The molecule has 3 aromatic rings. The van der Waals surface area contributed by atoms with Crippen LogP contribution in [0, 0.1) is 22.9 Å². The monoisotopic (exact) mass is 595 g/mol. The Balaban J connectivity index is 1.20. The van der Waals surface area contributed by atoms with Gasteiger partial charge in [0.15, 0.2) is 17.5 Å². The molecule has 3 amide bonds. The lowest BCUT2D eigenvalue weighted by Gasteiger charge is -2.30. The molecule has 3 aromatic carbocycles. The fourth-order valence-electron chi connectivity index (χ4n) is 4.69. The van der Waals surface area contributed by atoms with Crippen molar-refractivity contribution in [3.05, 3.63) is 106 Å². The van der Waals surface area contributed by atoms with Gasteiger partial charge < -0.3 is 20.7 Å². The second-order valence-corrected chi connectivity index (χ2v) is 10.2. The van der Waals surface area contributed by atoms with Gasteiger partial charge in [-0.25, -0.2) is 18.0 Å². The van der Waals surface area contributed by atoms with E-state index >= 15 is 0 Å². The van der Waals surface area contributed by atoms with Crippen molar-refractivity contribution < 1.29 is 32.3 Å². The Labute approximate surface area is 246 Å². The van der Waals surface area contributed by atoms with Crippen molar-refractivity contribution in [1.29, 1.82) is 5.41 Å². The Morgan fingerprint density at radius 3 is 2.44 bits per heavy atom. The summed E-state index contributed by atoms with van der Waals surface area (Å²) in [5.41, 5.74) is 1.86. The van der Waals surface area contributed by atoms with Gasteiger partial charge in [0.2, 0.25) is 11.8 Å². The van der Waals surface area contributed by atoms with Gasteiger partial charge in [-0.3, -0.25) is 20.3 Å². The van der Waals surface area contributed by atoms with Crippen LogP contribution in [0.2, 0.25) is 0 Å². The average molecular weight is 596 g/mol. The van der Waals surface area contributed by atoms with Gasteiger partial charge in [-0.1, -0.05) is 54.6 Å². The SMILES string of the molecule is C[C@H](NC(=O)C1C[C@@H](c2ccccc2)CCN1)C(=O)NCc1ccc(C(=N)NC(=O)OCc2ccc(F)c(F)c2F)cc1. The van der Waals surface area contributed by atoms with E-state index in [0.29, 0.717) is 30.2 Å². The van der Waals surface area contributed by atoms with E-state index in [4.69, 9.17) is 10.1 Å². The number of halogens is 3. The van der Waals surface area contributed by atoms with Crippen molar-refractivity contribution in [2.75, 3.05) is 6.54 Å². The van der Waals surface area contributed by atoms with Crippen molar-refractivity contribution in [2.24, 2.45) is 0 Å². The van der Waals surface area contributed by atoms with E-state index in [1.54, 1.807) is 31.2 Å². The van der Waals surface area contributed by atoms with Crippen LogP contribution in [0.1, 0.15) is 47.9 Å². The number of piperidine rings is 1. The van der Waals surface area contributed by atoms with Crippen LogP contribution in [0.3, 0.4) is 0 Å². The van der Waals surface area contributed by atoms with Crippen LogP contribution < -0.4 is 21.3 Å². The van der Waals surface area contributed by atoms with Crippen molar-refractivity contribution >= 4 is 23.7 Å². The first-order chi connectivity index (χ1) is 20.6. The summed E-state index contributed by atoms with van der Waals surface area (Å²) in [6.07, 6.45) is 0.495. The number of hydrogen-bond donors (Lipinski definition) is 5. The highest BCUT2D eigenvalue weighted by molar-refractivity contribution is 6.04. The van der Waals surface area contributed by atoms with E-state index in [2.05, 4.69) is 33.4 Å². The number of alkyl carbamates (subject to hydrolysis) is 1. The third-order valence-corrected chi connectivity index (χ3v) is 7.15. The van der Waals surface area contributed by atoms with Gasteiger partial charge in [0.05, 0.1) is 6.04 Å². The van der Waals surface area contributed by atoms with E-state index in [1.165, 1.54) is 5.56 Å². The first-order valence-corrected chi connectivity index (χ1v) is 13.7. The maximum Gasteiger partial charge on any atom is 0.413 e. The molecule has 0 spiro atoms. The second-order valence-electron chi connectivity index (χ2n) is 10.2. The van der Waals surface area contributed by atoms with E-state index in [9.17, 15) is 27.6 Å². The number of nitrogens with one attached hydrogen (secondary N) is 5. The minimum atomic E-state index is -1.67. The van der Waals surface area contributed by atoms with Gasteiger partial charge in [0.25, 0.3) is 0 Å². The lowest BCUT2D eigenvalue weighted by Crippen LogP contribution is -2.53. The third kappa shape index (κ3) is 8.41. The quantitative estimate of drug-likeness (QED) is 0.145. The molecule has 1 aliphatic heterocycles. The molecule has 9 nitrogen and oxygen atoms in total. The molecule has 1 aliphatic rings. The standard InChI is InChI=1S/C31H32F3N5O4/c1-18(38-30(41)25-15-22(13-14-36-25)20-5-3-2-4-6-20)29(40)37-16-19-7-9-21(10-8-19)28(35)39-31(42)43-17-23-11-12-24(32)27(34)26(23)33/h2-12,18,22,25,36H,13-17H2,1H3,(H,37,40)(H,38,41)(H2,35,39,42)/t18-,22-,25?/m0/s1. The van der Waals surface area contributed by atoms with Crippen molar-refractivity contribution in [2.45, 2.75) is 50.9 Å². The predicted octanol–water partition coefficient (Wildman–Crippen LogP) is 4.01. The zero-order valence-electron chi connectivity index (χ0n) is 23.4. The molecule has 1 fully saturated rings. The summed E-state index contributed by atoms with van der Waals surface area (Å²) in [6.45, 7) is 1.82. The molecule has 0 aliphatic carbocycles. The Bertz CT molecular complexity index is 1470. The highest BCUT2D eigenvalue weighted by atomic mass is 19.2. The van der Waals surface area contributed by atoms with Crippen LogP contribution in [0.15, 0.2) is 66.7 Å². The molecule has 0 bridgehead atoms. The largest absolute Gasteiger partial charge is 0.444 e. The number of benzene rings is 3. The van der Waals surface area contributed by atoms with Crippen LogP contribution in [0.4, 0.5) is 18.0 Å². The molecule has 3 atom stereocenters. The van der Waals surface area contributed by atoms with Crippen molar-refractivity contribution in [3.63, 3.8) is 0 Å². The summed E-state index contributed by atoms with van der Waals surface area (Å²) < 4.78 is 44.9. The van der Waals surface area contributed by atoms with Crippen LogP contribution in [0.25, 0.3) is 0 Å². The molecule has 4 rings (SSSR count). The number of rotatable bonds is 9. The number of hydrogen-bond acceptors (Lipinski definition) is 6. The zero-order valence-corrected chi connectivity index (χ0v) is 23.4. The summed E-state index contributed by atoms with van der Waals surface area (Å²) in [7, 11) is 0.